The second-order valence-corrected chi connectivity index (χ2v) is 3.02. The Labute approximate surface area is 81.8 Å². The van der Waals surface area contributed by atoms with Gasteiger partial charge in [-0.2, -0.15) is 5.10 Å². The predicted octanol–water partition coefficient (Wildman–Crippen LogP) is 1.26. The van der Waals surface area contributed by atoms with E-state index in [1.165, 1.54) is 0 Å². The minimum atomic E-state index is 0.749. The molecule has 0 aromatic carbocycles. The monoisotopic (exact) mass is 189 g/mol. The number of anilines is 2. The second-order valence-electron chi connectivity index (χ2n) is 3.02. The van der Waals surface area contributed by atoms with E-state index in [4.69, 9.17) is 0 Å². The first-order valence-electron chi connectivity index (χ1n) is 4.29. The van der Waals surface area contributed by atoms with Gasteiger partial charge in [0.25, 0.3) is 0 Å². The van der Waals surface area contributed by atoms with Gasteiger partial charge >= 0.3 is 0 Å². The minimum absolute atomic E-state index is 0.749. The van der Waals surface area contributed by atoms with Crippen LogP contribution >= 0.6 is 0 Å². The molecular formula is C9H11N5. The van der Waals surface area contributed by atoms with Gasteiger partial charge in [-0.3, -0.25) is 4.68 Å². The van der Waals surface area contributed by atoms with Gasteiger partial charge in [0.1, 0.15) is 11.6 Å². The Balaban J connectivity index is 2.18. The number of aryl methyl sites for hydroxylation is 2. The second kappa shape index (κ2) is 3.45. The van der Waals surface area contributed by atoms with E-state index in [0.29, 0.717) is 0 Å². The van der Waals surface area contributed by atoms with Gasteiger partial charge in [-0.25, -0.2) is 9.97 Å². The Morgan fingerprint density at radius 3 is 2.93 bits per heavy atom. The fourth-order valence-electron chi connectivity index (χ4n) is 1.16. The van der Waals surface area contributed by atoms with E-state index < -0.39 is 0 Å². The van der Waals surface area contributed by atoms with Gasteiger partial charge in [0.2, 0.25) is 0 Å². The molecule has 0 fully saturated rings. The first kappa shape index (κ1) is 8.68. The van der Waals surface area contributed by atoms with Crippen molar-refractivity contribution in [3.05, 3.63) is 30.5 Å². The van der Waals surface area contributed by atoms with Gasteiger partial charge in [0.15, 0.2) is 0 Å². The molecule has 0 aliphatic rings. The number of aromatic nitrogens is 4. The zero-order valence-corrected chi connectivity index (χ0v) is 8.10. The number of rotatable bonds is 2. The lowest BCUT2D eigenvalue weighted by Gasteiger charge is -2.01. The smallest absolute Gasteiger partial charge is 0.134 e. The maximum Gasteiger partial charge on any atom is 0.134 e. The van der Waals surface area contributed by atoms with Crippen LogP contribution in [-0.2, 0) is 7.05 Å². The summed E-state index contributed by atoms with van der Waals surface area (Å²) in [5.41, 5.74) is 0.922. The fourth-order valence-corrected chi connectivity index (χ4v) is 1.16. The minimum Gasteiger partial charge on any atom is -0.338 e. The third-order valence-electron chi connectivity index (χ3n) is 1.75. The Hall–Kier alpha value is -1.91. The highest BCUT2D eigenvalue weighted by atomic mass is 15.3. The SMILES string of the molecule is Cc1nccc(Nc2cnn(C)c2)n1. The number of nitrogens with one attached hydrogen (secondary N) is 1. The van der Waals surface area contributed by atoms with Crippen molar-refractivity contribution in [2.45, 2.75) is 6.92 Å². The van der Waals surface area contributed by atoms with E-state index in [2.05, 4.69) is 20.4 Å². The quantitative estimate of drug-likeness (QED) is 0.772. The van der Waals surface area contributed by atoms with Crippen LogP contribution in [0.15, 0.2) is 24.7 Å². The average molecular weight is 189 g/mol. The summed E-state index contributed by atoms with van der Waals surface area (Å²) >= 11 is 0. The zero-order chi connectivity index (χ0) is 9.97. The number of hydrogen-bond acceptors (Lipinski definition) is 4. The van der Waals surface area contributed by atoms with Crippen molar-refractivity contribution in [1.82, 2.24) is 19.7 Å². The van der Waals surface area contributed by atoms with Gasteiger partial charge in [-0.1, -0.05) is 0 Å². The Morgan fingerprint density at radius 2 is 2.29 bits per heavy atom. The molecule has 2 aromatic rings. The molecule has 5 heteroatoms. The van der Waals surface area contributed by atoms with Crippen LogP contribution in [0.25, 0.3) is 0 Å². The van der Waals surface area contributed by atoms with E-state index in [1.54, 1.807) is 17.1 Å². The van der Waals surface area contributed by atoms with Crippen LogP contribution in [0.2, 0.25) is 0 Å². The molecule has 0 saturated carbocycles. The van der Waals surface area contributed by atoms with Crippen LogP contribution in [0.3, 0.4) is 0 Å². The third kappa shape index (κ3) is 1.87. The fraction of sp³-hybridized carbons (Fsp3) is 0.222. The highest BCUT2D eigenvalue weighted by Gasteiger charge is 1.98. The molecule has 2 aromatic heterocycles. The summed E-state index contributed by atoms with van der Waals surface area (Å²) in [7, 11) is 1.87. The molecule has 0 spiro atoms. The van der Waals surface area contributed by atoms with Gasteiger partial charge in [-0.15, -0.1) is 0 Å². The van der Waals surface area contributed by atoms with Crippen LogP contribution in [-0.4, -0.2) is 19.7 Å². The van der Waals surface area contributed by atoms with Gasteiger partial charge in [0.05, 0.1) is 11.9 Å². The summed E-state index contributed by atoms with van der Waals surface area (Å²) in [6.07, 6.45) is 5.36. The summed E-state index contributed by atoms with van der Waals surface area (Å²) in [6.45, 7) is 1.86. The summed E-state index contributed by atoms with van der Waals surface area (Å²) < 4.78 is 1.73. The van der Waals surface area contributed by atoms with Crippen LogP contribution < -0.4 is 5.32 Å². The summed E-state index contributed by atoms with van der Waals surface area (Å²) in [5, 5.41) is 7.18. The van der Waals surface area contributed by atoms with Crippen molar-refractivity contribution in [2.24, 2.45) is 7.05 Å². The first-order chi connectivity index (χ1) is 6.74. The molecule has 72 valence electrons. The van der Waals surface area contributed by atoms with Crippen molar-refractivity contribution in [2.75, 3.05) is 5.32 Å². The van der Waals surface area contributed by atoms with Crippen LogP contribution in [0.1, 0.15) is 5.82 Å². The van der Waals surface area contributed by atoms with E-state index >= 15 is 0 Å². The number of nitrogens with zero attached hydrogens (tertiary/aromatic N) is 4. The highest BCUT2D eigenvalue weighted by molar-refractivity contribution is 5.53. The van der Waals surface area contributed by atoms with Crippen molar-refractivity contribution >= 4 is 11.5 Å². The Kier molecular flexibility index (Phi) is 2.14. The molecule has 0 amide bonds. The molecule has 1 N–H and O–H groups in total. The predicted molar refractivity (Wildman–Crippen MR) is 53.3 cm³/mol. The zero-order valence-electron chi connectivity index (χ0n) is 8.10. The maximum absolute atomic E-state index is 4.22. The maximum atomic E-state index is 4.22. The normalized spacial score (nSPS) is 10.1. The van der Waals surface area contributed by atoms with Crippen LogP contribution in [0.5, 0.6) is 0 Å². The molecule has 0 saturated heterocycles. The first-order valence-corrected chi connectivity index (χ1v) is 4.29. The standard InChI is InChI=1S/C9H11N5/c1-7-10-4-3-9(12-7)13-8-5-11-14(2)6-8/h3-6H,1-2H3,(H,10,12,13). The molecule has 0 radical (unpaired) electrons. The third-order valence-corrected chi connectivity index (χ3v) is 1.75. The van der Waals surface area contributed by atoms with Crippen molar-refractivity contribution in [1.29, 1.82) is 0 Å². The summed E-state index contributed by atoms with van der Waals surface area (Å²) in [4.78, 5) is 8.23. The lowest BCUT2D eigenvalue weighted by molar-refractivity contribution is 0.768. The number of hydrogen-bond donors (Lipinski definition) is 1. The molecule has 0 aliphatic carbocycles. The molecule has 0 atom stereocenters. The molecule has 0 aliphatic heterocycles. The Morgan fingerprint density at radius 1 is 1.43 bits per heavy atom. The molecule has 5 nitrogen and oxygen atoms in total. The molecule has 14 heavy (non-hydrogen) atoms. The van der Waals surface area contributed by atoms with Gasteiger partial charge in [0, 0.05) is 19.4 Å². The molecule has 2 rings (SSSR count). The lowest BCUT2D eigenvalue weighted by Crippen LogP contribution is -1.95. The van der Waals surface area contributed by atoms with Crippen molar-refractivity contribution in [3.63, 3.8) is 0 Å². The van der Waals surface area contributed by atoms with Crippen LogP contribution in [0, 0.1) is 6.92 Å². The van der Waals surface area contributed by atoms with E-state index in [0.717, 1.165) is 17.3 Å². The van der Waals surface area contributed by atoms with Gasteiger partial charge in [-0.05, 0) is 13.0 Å². The summed E-state index contributed by atoms with van der Waals surface area (Å²) in [5.74, 6) is 1.53. The highest BCUT2D eigenvalue weighted by Crippen LogP contribution is 2.11. The topological polar surface area (TPSA) is 55.6 Å². The molecular weight excluding hydrogens is 178 g/mol. The summed E-state index contributed by atoms with van der Waals surface area (Å²) in [6, 6.07) is 1.82. The molecule has 0 unspecified atom stereocenters. The average Bonchev–Trinajstić information content (AvgIpc) is 2.51. The van der Waals surface area contributed by atoms with Gasteiger partial charge < -0.3 is 5.32 Å². The van der Waals surface area contributed by atoms with Crippen molar-refractivity contribution in [3.8, 4) is 0 Å². The van der Waals surface area contributed by atoms with E-state index in [1.807, 2.05) is 26.2 Å². The molecule has 2 heterocycles. The largest absolute Gasteiger partial charge is 0.338 e. The van der Waals surface area contributed by atoms with Crippen molar-refractivity contribution < 1.29 is 0 Å². The lowest BCUT2D eigenvalue weighted by atomic mass is 10.5. The molecule has 0 bridgehead atoms. The van der Waals surface area contributed by atoms with E-state index in [9.17, 15) is 0 Å². The Bertz CT molecular complexity index is 434. The van der Waals surface area contributed by atoms with E-state index in [-0.39, 0.29) is 0 Å². The van der Waals surface area contributed by atoms with Crippen LogP contribution in [0.4, 0.5) is 11.5 Å².